The van der Waals surface area contributed by atoms with Crippen LogP contribution in [0.25, 0.3) is 0 Å². The third-order valence-electron chi connectivity index (χ3n) is 5.42. The van der Waals surface area contributed by atoms with Crippen molar-refractivity contribution in [1.29, 1.82) is 5.26 Å². The van der Waals surface area contributed by atoms with Crippen molar-refractivity contribution >= 4 is 17.7 Å². The molecule has 2 aromatic rings. The van der Waals surface area contributed by atoms with Crippen LogP contribution in [0.1, 0.15) is 37.7 Å². The van der Waals surface area contributed by atoms with E-state index in [4.69, 9.17) is 0 Å². The summed E-state index contributed by atoms with van der Waals surface area (Å²) in [5, 5.41) is 16.7. The highest BCUT2D eigenvalue weighted by Gasteiger charge is 2.38. The Morgan fingerprint density at radius 1 is 1.32 bits per heavy atom. The average molecular weight is 400 g/mol. The van der Waals surface area contributed by atoms with Crippen molar-refractivity contribution in [3.8, 4) is 6.07 Å². The van der Waals surface area contributed by atoms with E-state index >= 15 is 0 Å². The molecule has 0 unspecified atom stereocenters. The summed E-state index contributed by atoms with van der Waals surface area (Å²) in [6, 6.07) is 12.3. The SMILES string of the molecule is CN(C(=O)CSc1n[nH]c(=O)n1CCc1ccccc1)C1(C#N)CCCCC1. The maximum atomic E-state index is 12.7. The van der Waals surface area contributed by atoms with Gasteiger partial charge in [-0.2, -0.15) is 5.26 Å². The molecule has 148 valence electrons. The summed E-state index contributed by atoms with van der Waals surface area (Å²) in [7, 11) is 1.71. The molecule has 0 saturated heterocycles. The summed E-state index contributed by atoms with van der Waals surface area (Å²) in [5.74, 6) is 0.0359. The lowest BCUT2D eigenvalue weighted by Crippen LogP contribution is -2.50. The maximum Gasteiger partial charge on any atom is 0.343 e. The fraction of sp³-hybridized carbons (Fsp3) is 0.500. The van der Waals surface area contributed by atoms with Gasteiger partial charge in [0.1, 0.15) is 5.54 Å². The van der Waals surface area contributed by atoms with E-state index in [-0.39, 0.29) is 17.3 Å². The molecule has 0 atom stereocenters. The van der Waals surface area contributed by atoms with Crippen molar-refractivity contribution in [2.45, 2.75) is 55.8 Å². The van der Waals surface area contributed by atoms with Crippen LogP contribution in [0.2, 0.25) is 0 Å². The van der Waals surface area contributed by atoms with E-state index in [1.807, 2.05) is 30.3 Å². The minimum absolute atomic E-state index is 0.112. The van der Waals surface area contributed by atoms with Crippen molar-refractivity contribution in [1.82, 2.24) is 19.7 Å². The lowest BCUT2D eigenvalue weighted by molar-refractivity contribution is -0.131. The van der Waals surface area contributed by atoms with Crippen LogP contribution in [-0.4, -0.2) is 43.9 Å². The topological polar surface area (TPSA) is 94.8 Å². The van der Waals surface area contributed by atoms with E-state index in [1.54, 1.807) is 16.5 Å². The Kier molecular flexibility index (Phi) is 6.57. The first-order chi connectivity index (χ1) is 13.6. The highest BCUT2D eigenvalue weighted by molar-refractivity contribution is 7.99. The number of H-pyrrole nitrogens is 1. The molecule has 0 spiro atoms. The van der Waals surface area contributed by atoms with Crippen LogP contribution < -0.4 is 5.69 Å². The van der Waals surface area contributed by atoms with E-state index in [9.17, 15) is 14.9 Å². The quantitative estimate of drug-likeness (QED) is 0.722. The van der Waals surface area contributed by atoms with Gasteiger partial charge in [-0.15, -0.1) is 5.10 Å². The van der Waals surface area contributed by atoms with Crippen molar-refractivity contribution in [2.75, 3.05) is 12.8 Å². The standard InChI is InChI=1S/C20H25N5O2S/c1-24(20(15-21)11-6-3-7-12-20)17(26)14-28-19-23-22-18(27)25(19)13-10-16-8-4-2-5-9-16/h2,4-5,8-9H,3,6-7,10-14H2,1H3,(H,22,27). The van der Waals surface area contributed by atoms with Gasteiger partial charge in [0.2, 0.25) is 5.91 Å². The number of hydrogen-bond donors (Lipinski definition) is 1. The number of carbonyl (C=O) groups is 1. The Labute approximate surface area is 168 Å². The van der Waals surface area contributed by atoms with Crippen LogP contribution in [0.4, 0.5) is 0 Å². The largest absolute Gasteiger partial charge is 0.343 e. The van der Waals surface area contributed by atoms with Crippen molar-refractivity contribution in [2.24, 2.45) is 0 Å². The zero-order valence-corrected chi connectivity index (χ0v) is 16.9. The Hall–Kier alpha value is -2.53. The molecule has 1 aliphatic carbocycles. The van der Waals surface area contributed by atoms with Gasteiger partial charge < -0.3 is 4.90 Å². The number of amides is 1. The number of rotatable bonds is 7. The van der Waals surface area contributed by atoms with Crippen LogP contribution in [0.5, 0.6) is 0 Å². The van der Waals surface area contributed by atoms with E-state index < -0.39 is 5.54 Å². The maximum absolute atomic E-state index is 12.7. The Morgan fingerprint density at radius 2 is 2.04 bits per heavy atom. The number of aryl methyl sites for hydroxylation is 1. The second-order valence-corrected chi connectivity index (χ2v) is 8.09. The van der Waals surface area contributed by atoms with Crippen LogP contribution >= 0.6 is 11.8 Å². The molecule has 0 aliphatic heterocycles. The van der Waals surface area contributed by atoms with E-state index in [1.165, 1.54) is 11.8 Å². The minimum atomic E-state index is -0.700. The number of aromatic nitrogens is 3. The zero-order valence-electron chi connectivity index (χ0n) is 16.1. The minimum Gasteiger partial charge on any atom is -0.326 e. The fourth-order valence-corrected chi connectivity index (χ4v) is 4.50. The first-order valence-corrected chi connectivity index (χ1v) is 10.5. The summed E-state index contributed by atoms with van der Waals surface area (Å²) >= 11 is 1.23. The first kappa shape index (κ1) is 20.2. The molecule has 0 bridgehead atoms. The summed E-state index contributed by atoms with van der Waals surface area (Å²) in [4.78, 5) is 26.4. The van der Waals surface area contributed by atoms with Crippen molar-refractivity contribution in [3.63, 3.8) is 0 Å². The smallest absolute Gasteiger partial charge is 0.326 e. The summed E-state index contributed by atoms with van der Waals surface area (Å²) < 4.78 is 1.56. The Balaban J connectivity index is 1.62. The van der Waals surface area contributed by atoms with Crippen LogP contribution in [0.15, 0.2) is 40.3 Å². The predicted octanol–water partition coefficient (Wildman–Crippen LogP) is 2.59. The molecule has 8 heteroatoms. The monoisotopic (exact) mass is 399 g/mol. The van der Waals surface area contributed by atoms with Gasteiger partial charge in [-0.3, -0.25) is 9.36 Å². The molecule has 1 heterocycles. The first-order valence-electron chi connectivity index (χ1n) is 9.55. The highest BCUT2D eigenvalue weighted by Crippen LogP contribution is 2.33. The number of aromatic amines is 1. The number of nitrogens with one attached hydrogen (secondary N) is 1. The lowest BCUT2D eigenvalue weighted by atomic mass is 9.81. The molecule has 1 N–H and O–H groups in total. The average Bonchev–Trinajstić information content (AvgIpc) is 3.10. The third kappa shape index (κ3) is 4.47. The van der Waals surface area contributed by atoms with Crippen LogP contribution in [0, 0.1) is 11.3 Å². The van der Waals surface area contributed by atoms with Gasteiger partial charge in [-0.25, -0.2) is 9.89 Å². The Morgan fingerprint density at radius 3 is 2.71 bits per heavy atom. The number of carbonyl (C=O) groups excluding carboxylic acids is 1. The molecule has 28 heavy (non-hydrogen) atoms. The highest BCUT2D eigenvalue weighted by atomic mass is 32.2. The molecule has 1 fully saturated rings. The van der Waals surface area contributed by atoms with Crippen molar-refractivity contribution < 1.29 is 4.79 Å². The third-order valence-corrected chi connectivity index (χ3v) is 6.38. The number of hydrogen-bond acceptors (Lipinski definition) is 5. The number of nitriles is 1. The summed E-state index contributed by atoms with van der Waals surface area (Å²) in [6.07, 6.45) is 5.20. The molecule has 1 aliphatic rings. The van der Waals surface area contributed by atoms with Gasteiger partial charge in [0.25, 0.3) is 0 Å². The molecule has 1 aromatic carbocycles. The fourth-order valence-electron chi connectivity index (χ4n) is 3.62. The molecule has 1 amide bonds. The molecule has 1 aromatic heterocycles. The molecule has 0 radical (unpaired) electrons. The molecule has 7 nitrogen and oxygen atoms in total. The zero-order chi connectivity index (χ0) is 20.0. The second kappa shape index (κ2) is 9.11. The van der Waals surface area contributed by atoms with Gasteiger partial charge >= 0.3 is 5.69 Å². The molecule has 1 saturated carbocycles. The molecular formula is C20H25N5O2S. The van der Waals surface area contributed by atoms with Gasteiger partial charge in [-0.05, 0) is 24.8 Å². The van der Waals surface area contributed by atoms with E-state index in [0.29, 0.717) is 18.1 Å². The summed E-state index contributed by atoms with van der Waals surface area (Å²) in [5.41, 5.74) is 0.157. The van der Waals surface area contributed by atoms with Crippen LogP contribution in [-0.2, 0) is 17.8 Å². The number of benzene rings is 1. The van der Waals surface area contributed by atoms with Gasteiger partial charge in [-0.1, -0.05) is 61.4 Å². The number of nitrogens with zero attached hydrogens (tertiary/aromatic N) is 4. The molecular weight excluding hydrogens is 374 g/mol. The summed E-state index contributed by atoms with van der Waals surface area (Å²) in [6.45, 7) is 0.494. The second-order valence-electron chi connectivity index (χ2n) is 7.14. The van der Waals surface area contributed by atoms with Gasteiger partial charge in [0.15, 0.2) is 5.16 Å². The van der Waals surface area contributed by atoms with Gasteiger partial charge in [0, 0.05) is 13.6 Å². The predicted molar refractivity (Wildman–Crippen MR) is 108 cm³/mol. The van der Waals surface area contributed by atoms with Crippen molar-refractivity contribution in [3.05, 3.63) is 46.4 Å². The van der Waals surface area contributed by atoms with E-state index in [0.717, 1.165) is 37.7 Å². The lowest BCUT2D eigenvalue weighted by Gasteiger charge is -2.39. The number of thioether (sulfide) groups is 1. The Bertz CT molecular complexity index is 893. The van der Waals surface area contributed by atoms with Crippen LogP contribution in [0.3, 0.4) is 0 Å². The van der Waals surface area contributed by atoms with Gasteiger partial charge in [0.05, 0.1) is 11.8 Å². The normalized spacial score (nSPS) is 15.7. The molecule has 3 rings (SSSR count). The van der Waals surface area contributed by atoms with E-state index in [2.05, 4.69) is 16.3 Å².